The molecule has 154 valence electrons. The molecule has 2 aromatic heterocycles. The fourth-order valence-corrected chi connectivity index (χ4v) is 3.89. The number of methoxy groups -OCH3 is 1. The maximum Gasteiger partial charge on any atom is 0.309 e. The Morgan fingerprint density at radius 3 is 2.69 bits per heavy atom. The van der Waals surface area contributed by atoms with Gasteiger partial charge in [-0.05, 0) is 31.5 Å². The molecule has 1 aliphatic rings. The van der Waals surface area contributed by atoms with Crippen LogP contribution in [0.1, 0.15) is 35.4 Å². The minimum atomic E-state index is -0.172. The average Bonchev–Trinajstić information content (AvgIpc) is 3.31. The van der Waals surface area contributed by atoms with E-state index in [0.717, 1.165) is 35.0 Å². The first-order chi connectivity index (χ1) is 13.9. The molecule has 0 radical (unpaired) electrons. The molecule has 29 heavy (non-hydrogen) atoms. The number of aromatic nitrogens is 1. The summed E-state index contributed by atoms with van der Waals surface area (Å²) in [6, 6.07) is 5.89. The van der Waals surface area contributed by atoms with Gasteiger partial charge in [0.05, 0.1) is 44.5 Å². The summed E-state index contributed by atoms with van der Waals surface area (Å²) >= 11 is 0. The smallest absolute Gasteiger partial charge is 0.309 e. The van der Waals surface area contributed by atoms with Crippen molar-refractivity contribution in [2.24, 2.45) is 5.92 Å². The number of hydrogen-bond donors (Lipinski definition) is 2. The number of quaternary nitrogens is 1. The van der Waals surface area contributed by atoms with Gasteiger partial charge in [-0.3, -0.25) is 9.59 Å². The van der Waals surface area contributed by atoms with Crippen LogP contribution in [0.25, 0.3) is 0 Å². The molecule has 2 N–H and O–H groups in total. The highest BCUT2D eigenvalue weighted by atomic mass is 16.5. The van der Waals surface area contributed by atoms with Gasteiger partial charge in [0, 0.05) is 18.5 Å². The molecule has 0 bridgehead atoms. The second-order valence-electron chi connectivity index (χ2n) is 7.48. The van der Waals surface area contributed by atoms with Crippen LogP contribution in [0.3, 0.4) is 0 Å². The first-order valence-corrected chi connectivity index (χ1v) is 9.78. The Bertz CT molecular complexity index is 916. The summed E-state index contributed by atoms with van der Waals surface area (Å²) in [5, 5.41) is 12.6. The molecule has 0 unspecified atom stereocenters. The van der Waals surface area contributed by atoms with Crippen LogP contribution in [0.5, 0.6) is 0 Å². The molecule has 0 saturated carbocycles. The molecule has 0 spiro atoms. The van der Waals surface area contributed by atoms with Crippen LogP contribution in [-0.2, 0) is 20.9 Å². The van der Waals surface area contributed by atoms with Crippen molar-refractivity contribution < 1.29 is 23.6 Å². The lowest BCUT2D eigenvalue weighted by molar-refractivity contribution is -0.897. The highest BCUT2D eigenvalue weighted by Crippen LogP contribution is 2.27. The molecule has 8 heteroatoms. The van der Waals surface area contributed by atoms with E-state index in [-0.39, 0.29) is 17.8 Å². The lowest BCUT2D eigenvalue weighted by atomic mass is 9.97. The van der Waals surface area contributed by atoms with Crippen molar-refractivity contribution >= 4 is 17.7 Å². The maximum absolute atomic E-state index is 12.7. The summed E-state index contributed by atoms with van der Waals surface area (Å²) in [7, 11) is 1.41. The number of ether oxygens (including phenoxy) is 1. The van der Waals surface area contributed by atoms with Gasteiger partial charge in [0.2, 0.25) is 0 Å². The number of likely N-dealkylation sites (tertiary alicyclic amines) is 1. The largest absolute Gasteiger partial charge is 0.469 e. The number of esters is 1. The van der Waals surface area contributed by atoms with Gasteiger partial charge >= 0.3 is 5.97 Å². The van der Waals surface area contributed by atoms with Gasteiger partial charge in [0.25, 0.3) is 5.91 Å². The van der Waals surface area contributed by atoms with Crippen LogP contribution in [-0.4, -0.2) is 43.2 Å². The van der Waals surface area contributed by atoms with Crippen molar-refractivity contribution in [2.75, 3.05) is 32.1 Å². The summed E-state index contributed by atoms with van der Waals surface area (Å²) < 4.78 is 12.2. The van der Waals surface area contributed by atoms with E-state index < -0.39 is 0 Å². The predicted molar refractivity (Wildman–Crippen MR) is 105 cm³/mol. The van der Waals surface area contributed by atoms with Crippen molar-refractivity contribution in [3.63, 3.8) is 0 Å². The zero-order chi connectivity index (χ0) is 21.0. The van der Waals surface area contributed by atoms with Crippen LogP contribution in [0.2, 0.25) is 0 Å². The second kappa shape index (κ2) is 8.97. The van der Waals surface area contributed by atoms with Crippen LogP contribution in [0, 0.1) is 31.1 Å². The van der Waals surface area contributed by atoms with Crippen molar-refractivity contribution in [1.29, 1.82) is 5.26 Å². The highest BCUT2D eigenvalue weighted by molar-refractivity contribution is 5.92. The Balaban J connectivity index is 1.69. The fourth-order valence-electron chi connectivity index (χ4n) is 3.89. The highest BCUT2D eigenvalue weighted by Gasteiger charge is 2.29. The number of rotatable bonds is 6. The number of nitrogens with zero attached hydrogens (tertiary/aromatic N) is 2. The number of nitrogens with one attached hydrogen (secondary N) is 2. The van der Waals surface area contributed by atoms with Crippen LogP contribution >= 0.6 is 0 Å². The quantitative estimate of drug-likeness (QED) is 0.707. The van der Waals surface area contributed by atoms with E-state index in [0.29, 0.717) is 37.3 Å². The normalized spacial score (nSPS) is 18.8. The molecular formula is C21H27N4O4+. The molecule has 8 nitrogen and oxygen atoms in total. The Labute approximate surface area is 170 Å². The van der Waals surface area contributed by atoms with Gasteiger partial charge in [-0.2, -0.15) is 5.26 Å². The van der Waals surface area contributed by atoms with E-state index in [1.807, 2.05) is 30.5 Å². The molecule has 2 aromatic rings. The van der Waals surface area contributed by atoms with Crippen LogP contribution in [0.4, 0.5) is 5.82 Å². The van der Waals surface area contributed by atoms with Crippen molar-refractivity contribution in [1.82, 2.24) is 4.57 Å². The number of nitriles is 1. The standard InChI is InChI=1S/C21H26N4O4/c1-14-15(2)25(12-17-5-4-10-29-17)20(18(14)11-22)23-19(26)13-24-8-6-16(7-9-24)21(27)28-3/h4-5,10,16H,6-9,12-13H2,1-3H3,(H,23,26)/p+1. The number of anilines is 1. The summed E-state index contributed by atoms with van der Waals surface area (Å²) in [6.45, 7) is 6.02. The van der Waals surface area contributed by atoms with Gasteiger partial charge in [-0.25, -0.2) is 0 Å². The molecule has 1 amide bonds. The second-order valence-corrected chi connectivity index (χ2v) is 7.48. The van der Waals surface area contributed by atoms with Crippen molar-refractivity contribution in [2.45, 2.75) is 33.2 Å². The summed E-state index contributed by atoms with van der Waals surface area (Å²) in [4.78, 5) is 25.5. The Kier molecular flexibility index (Phi) is 6.39. The number of hydrogen-bond acceptors (Lipinski definition) is 5. The molecular weight excluding hydrogens is 372 g/mol. The zero-order valence-corrected chi connectivity index (χ0v) is 17.1. The monoisotopic (exact) mass is 399 g/mol. The van der Waals surface area contributed by atoms with Crippen molar-refractivity contribution in [3.8, 4) is 6.07 Å². The molecule has 1 aliphatic heterocycles. The molecule has 0 atom stereocenters. The van der Waals surface area contributed by atoms with Crippen molar-refractivity contribution in [3.05, 3.63) is 41.0 Å². The van der Waals surface area contributed by atoms with E-state index >= 15 is 0 Å². The molecule has 1 fully saturated rings. The minimum absolute atomic E-state index is 0.0761. The lowest BCUT2D eigenvalue weighted by Crippen LogP contribution is -3.14. The number of furan rings is 1. The van der Waals surface area contributed by atoms with Gasteiger partial charge in [0.1, 0.15) is 17.6 Å². The zero-order valence-electron chi connectivity index (χ0n) is 17.1. The van der Waals surface area contributed by atoms with Gasteiger partial charge in [0.15, 0.2) is 6.54 Å². The van der Waals surface area contributed by atoms with E-state index in [1.54, 1.807) is 6.26 Å². The molecule has 1 saturated heterocycles. The Morgan fingerprint density at radius 1 is 1.38 bits per heavy atom. The molecule has 0 aromatic carbocycles. The third-order valence-corrected chi connectivity index (χ3v) is 5.73. The number of amides is 1. The van der Waals surface area contributed by atoms with Crippen LogP contribution in [0.15, 0.2) is 22.8 Å². The van der Waals surface area contributed by atoms with Gasteiger partial charge in [-0.1, -0.05) is 0 Å². The number of carbonyl (C=O) groups is 2. The number of carbonyl (C=O) groups excluding carboxylic acids is 2. The van der Waals surface area contributed by atoms with Crippen LogP contribution < -0.4 is 10.2 Å². The topological polar surface area (TPSA) is 102 Å². The van der Waals surface area contributed by atoms with Gasteiger partial charge < -0.3 is 23.9 Å². The SMILES string of the molecule is COC(=O)C1CC[NH+](CC(=O)Nc2c(C#N)c(C)c(C)n2Cc2ccco2)CC1. The van der Waals surface area contributed by atoms with E-state index in [9.17, 15) is 14.9 Å². The van der Waals surface area contributed by atoms with E-state index in [4.69, 9.17) is 9.15 Å². The molecule has 0 aliphatic carbocycles. The van der Waals surface area contributed by atoms with E-state index in [1.165, 1.54) is 7.11 Å². The first kappa shape index (κ1) is 20.7. The van der Waals surface area contributed by atoms with E-state index in [2.05, 4.69) is 11.4 Å². The Morgan fingerprint density at radius 2 is 2.10 bits per heavy atom. The maximum atomic E-state index is 12.7. The molecule has 3 rings (SSSR count). The summed E-state index contributed by atoms with van der Waals surface area (Å²) in [5.41, 5.74) is 2.24. The lowest BCUT2D eigenvalue weighted by Gasteiger charge is -2.27. The first-order valence-electron chi connectivity index (χ1n) is 9.78. The minimum Gasteiger partial charge on any atom is -0.469 e. The third kappa shape index (κ3) is 4.51. The molecule has 3 heterocycles. The number of piperidine rings is 1. The Hall–Kier alpha value is -3.05. The summed E-state index contributed by atoms with van der Waals surface area (Å²) in [6.07, 6.45) is 3.03. The van der Waals surface area contributed by atoms with Gasteiger partial charge in [-0.15, -0.1) is 0 Å². The summed E-state index contributed by atoms with van der Waals surface area (Å²) in [5.74, 6) is 0.860. The average molecular weight is 399 g/mol. The fraction of sp³-hybridized carbons (Fsp3) is 0.476. The third-order valence-electron chi connectivity index (χ3n) is 5.73. The predicted octanol–water partition coefficient (Wildman–Crippen LogP) is 1.02.